The molecule has 0 unspecified atom stereocenters. The molecule has 1 fully saturated rings. The van der Waals surface area contributed by atoms with Crippen molar-refractivity contribution in [3.8, 4) is 5.75 Å². The third-order valence-corrected chi connectivity index (χ3v) is 7.77. The van der Waals surface area contributed by atoms with Gasteiger partial charge >= 0.3 is 0 Å². The molecular weight excluding hydrogens is 450 g/mol. The Balaban J connectivity index is 1.62. The molecule has 1 heterocycles. The normalized spacial score (nSPS) is 20.4. The van der Waals surface area contributed by atoms with Gasteiger partial charge in [-0.15, -0.1) is 0 Å². The molecule has 1 saturated carbocycles. The number of fused-ring (bicyclic) bond motifs is 1. The number of hydrogen-bond donors (Lipinski definition) is 1. The first-order valence-electron chi connectivity index (χ1n) is 11.1. The molecule has 33 heavy (non-hydrogen) atoms. The third-order valence-electron chi connectivity index (χ3n) is 6.52. The van der Waals surface area contributed by atoms with Crippen molar-refractivity contribution in [2.45, 2.75) is 63.1 Å². The van der Waals surface area contributed by atoms with Gasteiger partial charge in [-0.1, -0.05) is 24.6 Å². The first kappa shape index (κ1) is 23.5. The molecule has 6 nitrogen and oxygen atoms in total. The summed E-state index contributed by atoms with van der Waals surface area (Å²) in [5, 5.41) is 3.00. The summed E-state index contributed by atoms with van der Waals surface area (Å²) in [6.07, 6.45) is 6.57. The van der Waals surface area contributed by atoms with Crippen LogP contribution in [0.15, 0.2) is 42.5 Å². The van der Waals surface area contributed by atoms with Gasteiger partial charge in [-0.25, -0.2) is 17.2 Å². The Morgan fingerprint density at radius 2 is 1.82 bits per heavy atom. The summed E-state index contributed by atoms with van der Waals surface area (Å²) < 4.78 is 59.5. The van der Waals surface area contributed by atoms with Crippen LogP contribution in [-0.2, 0) is 14.8 Å². The molecule has 0 bridgehead atoms. The maximum absolute atomic E-state index is 13.8. The third kappa shape index (κ3) is 4.83. The van der Waals surface area contributed by atoms with Crippen LogP contribution in [0.4, 0.5) is 14.5 Å². The molecule has 1 aliphatic heterocycles. The quantitative estimate of drug-likeness (QED) is 0.689. The first-order valence-corrected chi connectivity index (χ1v) is 13.0. The van der Waals surface area contributed by atoms with E-state index in [1.54, 1.807) is 0 Å². The van der Waals surface area contributed by atoms with Crippen LogP contribution in [0.25, 0.3) is 0 Å². The number of para-hydroxylation sites is 1. The van der Waals surface area contributed by atoms with Crippen LogP contribution in [0, 0.1) is 11.6 Å². The summed E-state index contributed by atoms with van der Waals surface area (Å²) >= 11 is 0. The van der Waals surface area contributed by atoms with Crippen molar-refractivity contribution in [1.29, 1.82) is 0 Å². The molecule has 2 aromatic rings. The van der Waals surface area contributed by atoms with Gasteiger partial charge < -0.3 is 10.1 Å². The zero-order valence-corrected chi connectivity index (χ0v) is 19.5. The van der Waals surface area contributed by atoms with Gasteiger partial charge in [0.2, 0.25) is 15.9 Å². The van der Waals surface area contributed by atoms with E-state index >= 15 is 0 Å². The number of nitrogens with zero attached hydrogens (tertiary/aromatic N) is 1. The average molecular weight is 479 g/mol. The molecule has 1 aliphatic carbocycles. The van der Waals surface area contributed by atoms with Gasteiger partial charge in [-0.3, -0.25) is 9.10 Å². The van der Waals surface area contributed by atoms with Gasteiger partial charge in [-0.05, 0) is 50.8 Å². The summed E-state index contributed by atoms with van der Waals surface area (Å²) in [5.41, 5.74) is 0.368. The number of ether oxygens (including phenoxy) is 1. The van der Waals surface area contributed by atoms with Crippen molar-refractivity contribution in [1.82, 2.24) is 5.32 Å². The highest BCUT2D eigenvalue weighted by molar-refractivity contribution is 7.92. The van der Waals surface area contributed by atoms with Crippen LogP contribution in [0.3, 0.4) is 0 Å². The fourth-order valence-electron chi connectivity index (χ4n) is 4.97. The lowest BCUT2D eigenvalue weighted by molar-refractivity contribution is -0.123. The molecule has 9 heteroatoms. The van der Waals surface area contributed by atoms with E-state index in [0.717, 1.165) is 72.2 Å². The molecule has 0 aromatic heterocycles. The van der Waals surface area contributed by atoms with Gasteiger partial charge in [0.05, 0.1) is 18.0 Å². The van der Waals surface area contributed by atoms with Crippen molar-refractivity contribution < 1.29 is 26.7 Å². The van der Waals surface area contributed by atoms with Crippen LogP contribution in [0.1, 0.15) is 57.1 Å². The second-order valence-electron chi connectivity index (χ2n) is 8.98. The lowest BCUT2D eigenvalue weighted by atomic mass is 9.77. The first-order chi connectivity index (χ1) is 15.6. The smallest absolute Gasteiger partial charge is 0.244 e. The van der Waals surface area contributed by atoms with E-state index in [2.05, 4.69) is 5.32 Å². The van der Waals surface area contributed by atoms with Crippen LogP contribution in [0.5, 0.6) is 5.75 Å². The van der Waals surface area contributed by atoms with E-state index in [0.29, 0.717) is 6.42 Å². The number of benzene rings is 2. The van der Waals surface area contributed by atoms with Crippen molar-refractivity contribution in [3.05, 3.63) is 59.7 Å². The molecule has 2 aliphatic rings. The highest BCUT2D eigenvalue weighted by Gasteiger charge is 2.43. The number of carbonyl (C=O) groups is 1. The Morgan fingerprint density at radius 1 is 1.12 bits per heavy atom. The van der Waals surface area contributed by atoms with Gasteiger partial charge in [-0.2, -0.15) is 0 Å². The van der Waals surface area contributed by atoms with Gasteiger partial charge in [0, 0.05) is 18.1 Å². The SMILES string of the molecule is C[C@H](C(=O)N[C@@H]1CC2(CCCCC2)Oc2ccccc21)N(c1ccc(F)c(F)c1)S(C)(=O)=O. The van der Waals surface area contributed by atoms with E-state index in [1.807, 2.05) is 24.3 Å². The summed E-state index contributed by atoms with van der Waals surface area (Å²) in [6.45, 7) is 1.43. The van der Waals surface area contributed by atoms with Crippen molar-refractivity contribution in [2.75, 3.05) is 10.6 Å². The van der Waals surface area contributed by atoms with E-state index < -0.39 is 33.6 Å². The Labute approximate surface area is 193 Å². The Hall–Kier alpha value is -2.68. The zero-order valence-electron chi connectivity index (χ0n) is 18.7. The summed E-state index contributed by atoms with van der Waals surface area (Å²) in [7, 11) is -3.96. The largest absolute Gasteiger partial charge is 0.487 e. The van der Waals surface area contributed by atoms with Gasteiger partial charge in [0.15, 0.2) is 11.6 Å². The maximum atomic E-state index is 13.8. The molecule has 2 aromatic carbocycles. The summed E-state index contributed by atoms with van der Waals surface area (Å²) in [6, 6.07) is 8.77. The number of rotatable bonds is 5. The second kappa shape index (κ2) is 8.93. The van der Waals surface area contributed by atoms with Gasteiger partial charge in [0.1, 0.15) is 17.4 Å². The van der Waals surface area contributed by atoms with Crippen molar-refractivity contribution in [3.63, 3.8) is 0 Å². The predicted octanol–water partition coefficient (Wildman–Crippen LogP) is 4.46. The van der Waals surface area contributed by atoms with Crippen LogP contribution >= 0.6 is 0 Å². The molecule has 1 amide bonds. The van der Waals surface area contributed by atoms with Crippen molar-refractivity contribution in [2.24, 2.45) is 0 Å². The van der Waals surface area contributed by atoms with Crippen LogP contribution in [-0.4, -0.2) is 32.2 Å². The van der Waals surface area contributed by atoms with Crippen LogP contribution < -0.4 is 14.4 Å². The summed E-state index contributed by atoms with van der Waals surface area (Å²) in [4.78, 5) is 13.3. The van der Waals surface area contributed by atoms with E-state index in [9.17, 15) is 22.0 Å². The molecule has 2 atom stereocenters. The lowest BCUT2D eigenvalue weighted by Crippen LogP contribution is -2.51. The average Bonchev–Trinajstić information content (AvgIpc) is 2.76. The Bertz CT molecular complexity index is 1150. The number of anilines is 1. The monoisotopic (exact) mass is 478 g/mol. The standard InChI is InChI=1S/C24H28F2N2O4S/c1-16(28(33(2,30)31)17-10-11-19(25)20(26)14-17)23(29)27-21-15-24(12-6-3-7-13-24)32-22-9-5-4-8-18(21)22/h4-5,8-11,14,16,21H,3,6-7,12-13,15H2,1-2H3,(H,27,29)/t16-,21-/m1/s1. The van der Waals surface area contributed by atoms with E-state index in [1.165, 1.54) is 6.92 Å². The van der Waals surface area contributed by atoms with Crippen LogP contribution in [0.2, 0.25) is 0 Å². The molecule has 0 saturated heterocycles. The molecular formula is C24H28F2N2O4S. The predicted molar refractivity (Wildman–Crippen MR) is 122 cm³/mol. The minimum absolute atomic E-state index is 0.116. The van der Waals surface area contributed by atoms with E-state index in [-0.39, 0.29) is 17.3 Å². The molecule has 0 radical (unpaired) electrons. The maximum Gasteiger partial charge on any atom is 0.244 e. The number of nitrogens with one attached hydrogen (secondary N) is 1. The topological polar surface area (TPSA) is 75.7 Å². The minimum atomic E-state index is -3.96. The van der Waals surface area contributed by atoms with Crippen molar-refractivity contribution >= 4 is 21.6 Å². The highest BCUT2D eigenvalue weighted by atomic mass is 32.2. The Kier molecular flexibility index (Phi) is 6.35. The summed E-state index contributed by atoms with van der Waals surface area (Å²) in [5.74, 6) is -2.09. The van der Waals surface area contributed by atoms with Gasteiger partial charge in [0.25, 0.3) is 0 Å². The fourth-order valence-corrected chi connectivity index (χ4v) is 6.14. The minimum Gasteiger partial charge on any atom is -0.487 e. The molecule has 1 N–H and O–H groups in total. The number of carbonyl (C=O) groups excluding carboxylic acids is 1. The number of sulfonamides is 1. The molecule has 1 spiro atoms. The second-order valence-corrected chi connectivity index (χ2v) is 10.8. The molecule has 4 rings (SSSR count). The highest BCUT2D eigenvalue weighted by Crippen LogP contribution is 2.46. The Morgan fingerprint density at radius 3 is 2.48 bits per heavy atom. The number of halogens is 2. The molecule has 178 valence electrons. The fraction of sp³-hybridized carbons (Fsp3) is 0.458. The van der Waals surface area contributed by atoms with E-state index in [4.69, 9.17) is 4.74 Å². The number of hydrogen-bond acceptors (Lipinski definition) is 4. The number of amides is 1. The zero-order chi connectivity index (χ0) is 23.8. The lowest BCUT2D eigenvalue weighted by Gasteiger charge is -2.45.